The Morgan fingerprint density at radius 2 is 1.59 bits per heavy atom. The van der Waals surface area contributed by atoms with Gasteiger partial charge in [0.05, 0.1) is 30.2 Å². The monoisotopic (exact) mass is 428 g/mol. The quantitative estimate of drug-likeness (QED) is 0.684. The molecular formula is C25H28N6O. The molecule has 1 aromatic carbocycles. The highest BCUT2D eigenvalue weighted by molar-refractivity contribution is 5.95. The lowest BCUT2D eigenvalue weighted by Crippen LogP contribution is -2.54. The molecule has 2 fully saturated rings. The second-order valence-corrected chi connectivity index (χ2v) is 9.09. The molecule has 2 aromatic heterocycles. The van der Waals surface area contributed by atoms with Crippen LogP contribution >= 0.6 is 0 Å². The van der Waals surface area contributed by atoms with Crippen LogP contribution in [0.4, 0.5) is 10.5 Å². The second kappa shape index (κ2) is 7.98. The van der Waals surface area contributed by atoms with E-state index in [-0.39, 0.29) is 17.1 Å². The zero-order valence-corrected chi connectivity index (χ0v) is 18.5. The van der Waals surface area contributed by atoms with Crippen molar-refractivity contribution in [3.05, 3.63) is 72.8 Å². The van der Waals surface area contributed by atoms with Crippen LogP contribution < -0.4 is 10.2 Å². The molecule has 3 aromatic rings. The number of anilines is 1. The Morgan fingerprint density at radius 3 is 2.22 bits per heavy atom. The molecular weight excluding hydrogens is 400 g/mol. The highest BCUT2D eigenvalue weighted by Gasteiger charge is 2.50. The average molecular weight is 429 g/mol. The molecule has 0 atom stereocenters. The van der Waals surface area contributed by atoms with Gasteiger partial charge in [-0.05, 0) is 57.5 Å². The Morgan fingerprint density at radius 1 is 0.938 bits per heavy atom. The van der Waals surface area contributed by atoms with Crippen molar-refractivity contribution in [2.24, 2.45) is 0 Å². The number of carbonyl (C=O) groups is 1. The first-order valence-electron chi connectivity index (χ1n) is 11.1. The fourth-order valence-corrected chi connectivity index (χ4v) is 5.20. The highest BCUT2D eigenvalue weighted by Crippen LogP contribution is 2.46. The van der Waals surface area contributed by atoms with Crippen molar-refractivity contribution < 1.29 is 4.79 Å². The van der Waals surface area contributed by atoms with Crippen molar-refractivity contribution in [1.29, 1.82) is 0 Å². The number of hydrogen-bond donors (Lipinski definition) is 1. The summed E-state index contributed by atoms with van der Waals surface area (Å²) < 4.78 is 0. The highest BCUT2D eigenvalue weighted by atomic mass is 16.2. The van der Waals surface area contributed by atoms with Crippen LogP contribution in [0.2, 0.25) is 0 Å². The summed E-state index contributed by atoms with van der Waals surface area (Å²) in [6.45, 7) is 0.641. The van der Waals surface area contributed by atoms with Gasteiger partial charge in [0.1, 0.15) is 0 Å². The number of urea groups is 1. The van der Waals surface area contributed by atoms with Crippen LogP contribution in [0.25, 0.3) is 11.4 Å². The molecule has 1 saturated heterocycles. The SMILES string of the molecule is CN(C)[C@]1(c2ccccc2)CC[C@@]2(CC1)CN(c1cnc(-c3ccncc3)nc1)C(=O)N2. The average Bonchev–Trinajstić information content (AvgIpc) is 3.16. The van der Waals surface area contributed by atoms with Crippen LogP contribution in [0, 0.1) is 0 Å². The fraction of sp³-hybridized carbons (Fsp3) is 0.360. The minimum Gasteiger partial charge on any atom is -0.330 e. The molecule has 7 nitrogen and oxygen atoms in total. The standard InChI is InChI=1S/C25H28N6O/c1-30(2)25(20-6-4-3-5-7-20)12-10-24(11-13-25)18-31(23(32)29-24)21-16-27-22(28-17-21)19-8-14-26-15-9-19/h3-9,14-17H,10-13,18H2,1-2H3,(H,29,32)/t24-,25-. The third-order valence-electron chi connectivity index (χ3n) is 7.17. The Bertz CT molecular complexity index is 1080. The topological polar surface area (TPSA) is 74.2 Å². The molecule has 1 aliphatic heterocycles. The van der Waals surface area contributed by atoms with Crippen LogP contribution in [0.3, 0.4) is 0 Å². The zero-order valence-electron chi connectivity index (χ0n) is 18.5. The van der Waals surface area contributed by atoms with Crippen molar-refractivity contribution in [2.45, 2.75) is 36.8 Å². The van der Waals surface area contributed by atoms with Gasteiger partial charge in [0.25, 0.3) is 0 Å². The largest absolute Gasteiger partial charge is 0.330 e. The molecule has 32 heavy (non-hydrogen) atoms. The van der Waals surface area contributed by atoms with E-state index in [0.29, 0.717) is 12.4 Å². The summed E-state index contributed by atoms with van der Waals surface area (Å²) in [5.74, 6) is 0.627. The first kappa shape index (κ1) is 20.6. The summed E-state index contributed by atoms with van der Waals surface area (Å²) in [7, 11) is 4.32. The van der Waals surface area contributed by atoms with E-state index in [0.717, 1.165) is 36.9 Å². The molecule has 0 unspecified atom stereocenters. The van der Waals surface area contributed by atoms with Crippen LogP contribution in [-0.4, -0.2) is 52.1 Å². The summed E-state index contributed by atoms with van der Waals surface area (Å²) in [5.41, 5.74) is 2.77. The lowest BCUT2D eigenvalue weighted by molar-refractivity contribution is 0.0658. The molecule has 1 N–H and O–H groups in total. The fourth-order valence-electron chi connectivity index (χ4n) is 5.20. The molecule has 5 rings (SSSR count). The van der Waals surface area contributed by atoms with Gasteiger partial charge >= 0.3 is 6.03 Å². The third kappa shape index (κ3) is 3.52. The van der Waals surface area contributed by atoms with Gasteiger partial charge in [0, 0.05) is 23.5 Å². The maximum absolute atomic E-state index is 12.9. The van der Waals surface area contributed by atoms with E-state index in [1.165, 1.54) is 5.56 Å². The van der Waals surface area contributed by atoms with Gasteiger partial charge in [0.15, 0.2) is 5.82 Å². The van der Waals surface area contributed by atoms with Gasteiger partial charge in [-0.3, -0.25) is 14.8 Å². The summed E-state index contributed by atoms with van der Waals surface area (Å²) in [6, 6.07) is 14.4. The number of pyridine rings is 1. The zero-order chi connectivity index (χ0) is 22.2. The van der Waals surface area contributed by atoms with Crippen molar-refractivity contribution in [1.82, 2.24) is 25.2 Å². The number of hydrogen-bond acceptors (Lipinski definition) is 5. The predicted molar refractivity (Wildman–Crippen MR) is 124 cm³/mol. The van der Waals surface area contributed by atoms with Crippen LogP contribution in [-0.2, 0) is 5.54 Å². The molecule has 1 saturated carbocycles. The normalized spacial score (nSPS) is 25.3. The summed E-state index contributed by atoms with van der Waals surface area (Å²) in [5, 5.41) is 3.30. The van der Waals surface area contributed by atoms with Crippen LogP contribution in [0.1, 0.15) is 31.2 Å². The lowest BCUT2D eigenvalue weighted by Gasteiger charge is -2.48. The van der Waals surface area contributed by atoms with Gasteiger partial charge in [-0.2, -0.15) is 0 Å². The Kier molecular flexibility index (Phi) is 5.13. The minimum absolute atomic E-state index is 0.0000419. The number of carbonyl (C=O) groups excluding carboxylic acids is 1. The van der Waals surface area contributed by atoms with E-state index in [9.17, 15) is 4.79 Å². The Labute approximate surface area is 188 Å². The summed E-state index contributed by atoms with van der Waals surface area (Å²) in [4.78, 5) is 30.0. The first-order valence-corrected chi connectivity index (χ1v) is 11.1. The number of aromatic nitrogens is 3. The Balaban J connectivity index is 1.33. The second-order valence-electron chi connectivity index (χ2n) is 9.09. The molecule has 164 valence electrons. The maximum atomic E-state index is 12.9. The molecule has 1 aliphatic carbocycles. The number of rotatable bonds is 4. The van der Waals surface area contributed by atoms with Gasteiger partial charge in [-0.25, -0.2) is 14.8 Å². The molecule has 0 radical (unpaired) electrons. The third-order valence-corrected chi connectivity index (χ3v) is 7.17. The van der Waals surface area contributed by atoms with Gasteiger partial charge < -0.3 is 5.32 Å². The lowest BCUT2D eigenvalue weighted by atomic mass is 9.69. The summed E-state index contributed by atoms with van der Waals surface area (Å²) >= 11 is 0. The van der Waals surface area contributed by atoms with E-state index in [1.54, 1.807) is 29.7 Å². The van der Waals surface area contributed by atoms with Gasteiger partial charge in [-0.15, -0.1) is 0 Å². The van der Waals surface area contributed by atoms with E-state index in [1.807, 2.05) is 12.1 Å². The van der Waals surface area contributed by atoms with Crippen molar-refractivity contribution >= 4 is 11.7 Å². The van der Waals surface area contributed by atoms with Crippen molar-refractivity contribution in [2.75, 3.05) is 25.5 Å². The predicted octanol–water partition coefficient (Wildman–Crippen LogP) is 3.84. The van der Waals surface area contributed by atoms with E-state index in [2.05, 4.69) is 69.6 Å². The molecule has 3 heterocycles. The number of nitrogens with zero attached hydrogens (tertiary/aromatic N) is 5. The minimum atomic E-state index is -0.213. The molecule has 0 bridgehead atoms. The van der Waals surface area contributed by atoms with Crippen LogP contribution in [0.15, 0.2) is 67.3 Å². The van der Waals surface area contributed by atoms with Crippen LogP contribution in [0.5, 0.6) is 0 Å². The first-order chi connectivity index (χ1) is 15.5. The summed E-state index contributed by atoms with van der Waals surface area (Å²) in [6.07, 6.45) is 10.8. The van der Waals surface area contributed by atoms with Gasteiger partial charge in [0.2, 0.25) is 0 Å². The smallest absolute Gasteiger partial charge is 0.322 e. The van der Waals surface area contributed by atoms with Crippen molar-refractivity contribution in [3.63, 3.8) is 0 Å². The number of amides is 2. The molecule has 1 spiro atoms. The molecule has 2 aliphatic rings. The molecule has 7 heteroatoms. The molecule has 2 amide bonds. The number of nitrogens with one attached hydrogen (secondary N) is 1. The maximum Gasteiger partial charge on any atom is 0.322 e. The number of benzene rings is 1. The van der Waals surface area contributed by atoms with Gasteiger partial charge in [-0.1, -0.05) is 30.3 Å². The van der Waals surface area contributed by atoms with E-state index < -0.39 is 0 Å². The van der Waals surface area contributed by atoms with E-state index >= 15 is 0 Å². The Hall–Kier alpha value is -3.32. The van der Waals surface area contributed by atoms with Crippen molar-refractivity contribution in [3.8, 4) is 11.4 Å². The van der Waals surface area contributed by atoms with E-state index in [4.69, 9.17) is 0 Å².